The van der Waals surface area contributed by atoms with E-state index in [0.717, 1.165) is 43.9 Å². The normalized spacial score (nSPS) is 15.2. The number of H-pyrrole nitrogens is 1. The van der Waals surface area contributed by atoms with Gasteiger partial charge < -0.3 is 20.0 Å². The Balaban J connectivity index is 1.24. The van der Waals surface area contributed by atoms with Crippen molar-refractivity contribution in [2.24, 2.45) is 0 Å². The molecule has 0 unspecified atom stereocenters. The first-order chi connectivity index (χ1) is 15.7. The van der Waals surface area contributed by atoms with E-state index in [0.29, 0.717) is 22.7 Å². The SMILES string of the molecule is CN1CCN(Cc2ccc(NC(=O)c3[nH]ncc3Nc3ccnc4ccoc34)cc2)CC1. The minimum absolute atomic E-state index is 0.276. The first-order valence-corrected chi connectivity index (χ1v) is 10.6. The fourth-order valence-electron chi connectivity index (χ4n) is 3.82. The van der Waals surface area contributed by atoms with E-state index in [-0.39, 0.29) is 5.91 Å². The summed E-state index contributed by atoms with van der Waals surface area (Å²) in [5, 5.41) is 12.9. The number of amides is 1. The summed E-state index contributed by atoms with van der Waals surface area (Å²) < 4.78 is 5.50. The number of pyridine rings is 1. The minimum Gasteiger partial charge on any atom is -0.460 e. The van der Waals surface area contributed by atoms with Gasteiger partial charge in [0.05, 0.1) is 23.8 Å². The summed E-state index contributed by atoms with van der Waals surface area (Å²) >= 11 is 0. The van der Waals surface area contributed by atoms with E-state index in [9.17, 15) is 4.79 Å². The van der Waals surface area contributed by atoms with Crippen molar-refractivity contribution in [3.05, 3.63) is 66.3 Å². The summed E-state index contributed by atoms with van der Waals surface area (Å²) in [6.45, 7) is 5.27. The maximum absolute atomic E-state index is 12.9. The molecule has 32 heavy (non-hydrogen) atoms. The molecule has 0 atom stereocenters. The molecule has 5 rings (SSSR count). The number of nitrogens with one attached hydrogen (secondary N) is 3. The van der Waals surface area contributed by atoms with Crippen LogP contribution in [0.4, 0.5) is 17.1 Å². The molecule has 3 N–H and O–H groups in total. The van der Waals surface area contributed by atoms with E-state index in [2.05, 4.69) is 54.8 Å². The van der Waals surface area contributed by atoms with Crippen LogP contribution in [0.25, 0.3) is 11.1 Å². The number of nitrogens with zero attached hydrogens (tertiary/aromatic N) is 4. The molecule has 9 nitrogen and oxygen atoms in total. The van der Waals surface area contributed by atoms with Gasteiger partial charge in [-0.15, -0.1) is 0 Å². The Morgan fingerprint density at radius 3 is 2.72 bits per heavy atom. The third-order valence-corrected chi connectivity index (χ3v) is 5.69. The van der Waals surface area contributed by atoms with Gasteiger partial charge in [0.1, 0.15) is 11.2 Å². The molecular weight excluding hydrogens is 406 g/mol. The summed E-state index contributed by atoms with van der Waals surface area (Å²) in [6.07, 6.45) is 4.84. The van der Waals surface area contributed by atoms with Gasteiger partial charge in [0.15, 0.2) is 5.58 Å². The maximum atomic E-state index is 12.9. The number of hydrogen-bond donors (Lipinski definition) is 3. The van der Waals surface area contributed by atoms with E-state index >= 15 is 0 Å². The molecule has 1 fully saturated rings. The van der Waals surface area contributed by atoms with E-state index in [4.69, 9.17) is 4.42 Å². The number of aromatic amines is 1. The lowest BCUT2D eigenvalue weighted by Gasteiger charge is -2.32. The van der Waals surface area contributed by atoms with Crippen LogP contribution in [0.15, 0.2) is 59.5 Å². The average Bonchev–Trinajstić information content (AvgIpc) is 3.47. The van der Waals surface area contributed by atoms with Crippen LogP contribution < -0.4 is 10.6 Å². The van der Waals surface area contributed by atoms with Crippen molar-refractivity contribution >= 4 is 34.1 Å². The van der Waals surface area contributed by atoms with Crippen molar-refractivity contribution in [2.75, 3.05) is 43.9 Å². The highest BCUT2D eigenvalue weighted by atomic mass is 16.3. The Kier molecular flexibility index (Phi) is 5.57. The zero-order valence-electron chi connectivity index (χ0n) is 17.8. The topological polar surface area (TPSA) is 102 Å². The Labute approximate surface area is 185 Å². The van der Waals surface area contributed by atoms with Crippen LogP contribution >= 0.6 is 0 Å². The van der Waals surface area contributed by atoms with Crippen LogP contribution in [0.3, 0.4) is 0 Å². The molecule has 164 valence electrons. The Bertz CT molecular complexity index is 1210. The number of carbonyl (C=O) groups excluding carboxylic acids is 1. The fraction of sp³-hybridized carbons (Fsp3) is 0.261. The highest BCUT2D eigenvalue weighted by molar-refractivity contribution is 6.07. The number of benzene rings is 1. The van der Waals surface area contributed by atoms with Gasteiger partial charge in [-0.1, -0.05) is 12.1 Å². The number of fused-ring (bicyclic) bond motifs is 1. The number of piperazine rings is 1. The predicted molar refractivity (Wildman–Crippen MR) is 123 cm³/mol. The number of likely N-dealkylation sites (N-methyl/N-ethyl adjacent to an activating group) is 1. The van der Waals surface area contributed by atoms with Gasteiger partial charge in [-0.2, -0.15) is 5.10 Å². The second kappa shape index (κ2) is 8.81. The van der Waals surface area contributed by atoms with Crippen LogP contribution in [0.1, 0.15) is 16.1 Å². The Hall–Kier alpha value is -3.69. The lowest BCUT2D eigenvalue weighted by molar-refractivity contribution is 0.102. The van der Waals surface area contributed by atoms with Crippen LogP contribution in [-0.4, -0.2) is 64.1 Å². The van der Waals surface area contributed by atoms with Crippen molar-refractivity contribution in [3.63, 3.8) is 0 Å². The number of aromatic nitrogens is 3. The summed E-state index contributed by atoms with van der Waals surface area (Å²) in [5.74, 6) is -0.276. The number of hydrogen-bond acceptors (Lipinski definition) is 7. The average molecular weight is 432 g/mol. The first-order valence-electron chi connectivity index (χ1n) is 10.6. The lowest BCUT2D eigenvalue weighted by Crippen LogP contribution is -2.43. The van der Waals surface area contributed by atoms with Crippen LogP contribution in [0.5, 0.6) is 0 Å². The fourth-order valence-corrected chi connectivity index (χ4v) is 3.82. The zero-order valence-corrected chi connectivity index (χ0v) is 17.8. The molecule has 1 aromatic carbocycles. The summed E-state index contributed by atoms with van der Waals surface area (Å²) in [4.78, 5) is 21.9. The summed E-state index contributed by atoms with van der Waals surface area (Å²) in [6, 6.07) is 11.6. The van der Waals surface area contributed by atoms with Crippen LogP contribution in [-0.2, 0) is 6.54 Å². The van der Waals surface area contributed by atoms with Crippen LogP contribution in [0, 0.1) is 0 Å². The first kappa shape index (κ1) is 20.2. The maximum Gasteiger partial charge on any atom is 0.275 e. The number of rotatable bonds is 6. The molecule has 9 heteroatoms. The van der Waals surface area contributed by atoms with Gasteiger partial charge in [0.25, 0.3) is 5.91 Å². The molecule has 3 aromatic heterocycles. The standard InChI is InChI=1S/C23H25N7O2/c1-29-9-11-30(12-10-29)15-16-2-4-17(5-3-16)26-23(31)21-20(14-25-28-21)27-19-6-8-24-18-7-13-32-22(18)19/h2-8,13-14H,9-12,15H2,1H3,(H,24,27)(H,25,28)(H,26,31). The second-order valence-electron chi connectivity index (χ2n) is 8.01. The van der Waals surface area contributed by atoms with Gasteiger partial charge in [0.2, 0.25) is 0 Å². The molecule has 4 heterocycles. The molecule has 1 saturated heterocycles. The number of anilines is 3. The molecule has 0 bridgehead atoms. The highest BCUT2D eigenvalue weighted by Crippen LogP contribution is 2.27. The molecular formula is C23H25N7O2. The van der Waals surface area contributed by atoms with Gasteiger partial charge in [-0.05, 0) is 30.8 Å². The molecule has 1 aliphatic heterocycles. The second-order valence-corrected chi connectivity index (χ2v) is 8.01. The van der Waals surface area contributed by atoms with Gasteiger partial charge in [-0.3, -0.25) is 19.8 Å². The lowest BCUT2D eigenvalue weighted by atomic mass is 10.1. The van der Waals surface area contributed by atoms with Gasteiger partial charge in [0, 0.05) is 50.7 Å². The quantitative estimate of drug-likeness (QED) is 0.430. The minimum atomic E-state index is -0.276. The monoisotopic (exact) mass is 431 g/mol. The third kappa shape index (κ3) is 4.34. The van der Waals surface area contributed by atoms with E-state index < -0.39 is 0 Å². The molecule has 4 aromatic rings. The van der Waals surface area contributed by atoms with Crippen molar-refractivity contribution in [1.82, 2.24) is 25.0 Å². The molecule has 1 amide bonds. The predicted octanol–water partition coefficient (Wildman–Crippen LogP) is 3.29. The molecule has 0 saturated carbocycles. The van der Waals surface area contributed by atoms with Crippen LogP contribution in [0.2, 0.25) is 0 Å². The zero-order chi connectivity index (χ0) is 21.9. The Morgan fingerprint density at radius 2 is 1.91 bits per heavy atom. The Morgan fingerprint density at radius 1 is 1.09 bits per heavy atom. The van der Waals surface area contributed by atoms with Crippen molar-refractivity contribution in [2.45, 2.75) is 6.54 Å². The van der Waals surface area contributed by atoms with Crippen molar-refractivity contribution in [3.8, 4) is 0 Å². The molecule has 0 radical (unpaired) electrons. The number of furan rings is 1. The molecule has 1 aliphatic rings. The van der Waals surface area contributed by atoms with Gasteiger partial charge in [-0.25, -0.2) is 0 Å². The van der Waals surface area contributed by atoms with Crippen molar-refractivity contribution in [1.29, 1.82) is 0 Å². The van der Waals surface area contributed by atoms with Crippen molar-refractivity contribution < 1.29 is 9.21 Å². The number of carbonyl (C=O) groups is 1. The highest BCUT2D eigenvalue weighted by Gasteiger charge is 2.17. The third-order valence-electron chi connectivity index (χ3n) is 5.69. The van der Waals surface area contributed by atoms with E-state index in [1.807, 2.05) is 12.1 Å². The largest absolute Gasteiger partial charge is 0.460 e. The molecule has 0 spiro atoms. The van der Waals surface area contributed by atoms with Gasteiger partial charge >= 0.3 is 0 Å². The smallest absolute Gasteiger partial charge is 0.275 e. The summed E-state index contributed by atoms with van der Waals surface area (Å²) in [7, 11) is 2.16. The molecule has 0 aliphatic carbocycles. The van der Waals surface area contributed by atoms with E-state index in [1.165, 1.54) is 5.56 Å². The summed E-state index contributed by atoms with van der Waals surface area (Å²) in [5.41, 5.74) is 4.92. The van der Waals surface area contributed by atoms with E-state index in [1.54, 1.807) is 30.8 Å².